The molecular weight excluding hydrogens is 304 g/mol. The van der Waals surface area contributed by atoms with Crippen LogP contribution in [-0.2, 0) is 16.0 Å². The number of likely N-dealkylation sites (tertiary alicyclic amines) is 1. The molecule has 0 aliphatic carbocycles. The predicted octanol–water partition coefficient (Wildman–Crippen LogP) is 2.10. The number of nitrogens with zero attached hydrogens (tertiary/aromatic N) is 1. The van der Waals surface area contributed by atoms with Crippen LogP contribution in [0.3, 0.4) is 0 Å². The fourth-order valence-corrected chi connectivity index (χ4v) is 3.03. The minimum Gasteiger partial charge on any atom is -0.497 e. The maximum Gasteiger partial charge on any atom is 0.220 e. The largest absolute Gasteiger partial charge is 0.497 e. The van der Waals surface area contributed by atoms with E-state index in [1.165, 1.54) is 0 Å². The lowest BCUT2D eigenvalue weighted by molar-refractivity contribution is -0.121. The Morgan fingerprint density at radius 3 is 2.54 bits per heavy atom. The Balaban J connectivity index is 1.59. The molecule has 1 aromatic rings. The Morgan fingerprint density at radius 1 is 1.21 bits per heavy atom. The number of aryl methyl sites for hydroxylation is 1. The highest BCUT2D eigenvalue weighted by atomic mass is 16.5. The van der Waals surface area contributed by atoms with Gasteiger partial charge in [-0.05, 0) is 56.0 Å². The lowest BCUT2D eigenvalue weighted by atomic mass is 9.96. The van der Waals surface area contributed by atoms with E-state index in [2.05, 4.69) is 10.2 Å². The van der Waals surface area contributed by atoms with Crippen molar-refractivity contribution in [3.63, 3.8) is 0 Å². The Labute approximate surface area is 145 Å². The Kier molecular flexibility index (Phi) is 8.05. The zero-order valence-electron chi connectivity index (χ0n) is 14.9. The van der Waals surface area contributed by atoms with Crippen molar-refractivity contribution in [1.82, 2.24) is 10.2 Å². The fourth-order valence-electron chi connectivity index (χ4n) is 3.03. The number of ether oxygens (including phenoxy) is 2. The monoisotopic (exact) mass is 334 g/mol. The van der Waals surface area contributed by atoms with E-state index in [0.717, 1.165) is 63.4 Å². The molecule has 1 saturated heterocycles. The number of amides is 1. The van der Waals surface area contributed by atoms with Crippen molar-refractivity contribution in [2.24, 2.45) is 5.92 Å². The standard InChI is InChI=1S/C19H30N2O3/c1-23-14-13-21-11-9-17(10-12-21)15-20-19(22)8-5-16-3-6-18(24-2)7-4-16/h3-4,6-7,17H,5,8-15H2,1-2H3,(H,20,22). The van der Waals surface area contributed by atoms with Gasteiger partial charge in [0.15, 0.2) is 0 Å². The minimum atomic E-state index is 0.146. The number of carbonyl (C=O) groups excluding carboxylic acids is 1. The van der Waals surface area contributed by atoms with Crippen LogP contribution in [-0.4, -0.2) is 57.8 Å². The van der Waals surface area contributed by atoms with Gasteiger partial charge in [0, 0.05) is 26.6 Å². The van der Waals surface area contributed by atoms with Crippen LogP contribution in [0.1, 0.15) is 24.8 Å². The zero-order chi connectivity index (χ0) is 17.2. The summed E-state index contributed by atoms with van der Waals surface area (Å²) in [5.74, 6) is 1.60. The maximum atomic E-state index is 12.0. The van der Waals surface area contributed by atoms with Gasteiger partial charge in [0.05, 0.1) is 13.7 Å². The normalized spacial score (nSPS) is 16.1. The first kappa shape index (κ1) is 18.7. The first-order chi connectivity index (χ1) is 11.7. The Hall–Kier alpha value is -1.59. The average molecular weight is 334 g/mol. The van der Waals surface area contributed by atoms with Crippen LogP contribution in [0.25, 0.3) is 0 Å². The minimum absolute atomic E-state index is 0.146. The number of benzene rings is 1. The van der Waals surface area contributed by atoms with Gasteiger partial charge in [0.2, 0.25) is 5.91 Å². The van der Waals surface area contributed by atoms with Crippen LogP contribution in [0.5, 0.6) is 5.75 Å². The molecule has 1 N–H and O–H groups in total. The van der Waals surface area contributed by atoms with Crippen LogP contribution in [0.4, 0.5) is 0 Å². The summed E-state index contributed by atoms with van der Waals surface area (Å²) >= 11 is 0. The summed E-state index contributed by atoms with van der Waals surface area (Å²) in [4.78, 5) is 14.5. The van der Waals surface area contributed by atoms with Crippen LogP contribution in [0.15, 0.2) is 24.3 Å². The molecule has 0 saturated carbocycles. The number of methoxy groups -OCH3 is 2. The maximum absolute atomic E-state index is 12.0. The summed E-state index contributed by atoms with van der Waals surface area (Å²) < 4.78 is 10.3. The molecule has 24 heavy (non-hydrogen) atoms. The molecule has 0 bridgehead atoms. The molecule has 2 rings (SSSR count). The molecule has 0 radical (unpaired) electrons. The first-order valence-corrected chi connectivity index (χ1v) is 8.82. The average Bonchev–Trinajstić information content (AvgIpc) is 2.64. The molecule has 134 valence electrons. The third-order valence-corrected chi connectivity index (χ3v) is 4.71. The molecule has 1 heterocycles. The van der Waals surface area contributed by atoms with Gasteiger partial charge in [-0.25, -0.2) is 0 Å². The van der Waals surface area contributed by atoms with Crippen LogP contribution < -0.4 is 10.1 Å². The van der Waals surface area contributed by atoms with E-state index in [0.29, 0.717) is 12.3 Å². The highest BCUT2D eigenvalue weighted by Crippen LogP contribution is 2.16. The molecule has 1 aliphatic heterocycles. The van der Waals surface area contributed by atoms with E-state index in [1.807, 2.05) is 24.3 Å². The second-order valence-electron chi connectivity index (χ2n) is 6.43. The van der Waals surface area contributed by atoms with E-state index in [4.69, 9.17) is 9.47 Å². The first-order valence-electron chi connectivity index (χ1n) is 8.82. The molecule has 0 spiro atoms. The van der Waals surface area contributed by atoms with Crippen molar-refractivity contribution in [2.45, 2.75) is 25.7 Å². The fraction of sp³-hybridized carbons (Fsp3) is 0.632. The zero-order valence-corrected chi connectivity index (χ0v) is 14.9. The third-order valence-electron chi connectivity index (χ3n) is 4.71. The molecule has 1 aliphatic rings. The number of nitrogens with one attached hydrogen (secondary N) is 1. The summed E-state index contributed by atoms with van der Waals surface area (Å²) in [5.41, 5.74) is 1.16. The number of hydrogen-bond donors (Lipinski definition) is 1. The van der Waals surface area contributed by atoms with Gasteiger partial charge < -0.3 is 19.7 Å². The van der Waals surface area contributed by atoms with Crippen LogP contribution >= 0.6 is 0 Å². The van der Waals surface area contributed by atoms with Gasteiger partial charge in [-0.15, -0.1) is 0 Å². The lowest BCUT2D eigenvalue weighted by Crippen LogP contribution is -2.39. The van der Waals surface area contributed by atoms with E-state index in [9.17, 15) is 4.79 Å². The van der Waals surface area contributed by atoms with Crippen molar-refractivity contribution in [3.05, 3.63) is 29.8 Å². The smallest absolute Gasteiger partial charge is 0.220 e. The lowest BCUT2D eigenvalue weighted by Gasteiger charge is -2.31. The van der Waals surface area contributed by atoms with Gasteiger partial charge in [-0.1, -0.05) is 12.1 Å². The summed E-state index contributed by atoms with van der Waals surface area (Å²) in [6.45, 7) is 4.83. The molecule has 1 aromatic carbocycles. The highest BCUT2D eigenvalue weighted by Gasteiger charge is 2.19. The van der Waals surface area contributed by atoms with Crippen LogP contribution in [0, 0.1) is 5.92 Å². The summed E-state index contributed by atoms with van der Waals surface area (Å²) in [6.07, 6.45) is 3.62. The number of carbonyl (C=O) groups is 1. The molecule has 0 aromatic heterocycles. The molecule has 5 nitrogen and oxygen atoms in total. The van der Waals surface area contributed by atoms with Gasteiger partial charge in [0.25, 0.3) is 0 Å². The van der Waals surface area contributed by atoms with E-state index < -0.39 is 0 Å². The van der Waals surface area contributed by atoms with Crippen molar-refractivity contribution in [2.75, 3.05) is 47.0 Å². The second-order valence-corrected chi connectivity index (χ2v) is 6.43. The Bertz CT molecular complexity index is 482. The van der Waals surface area contributed by atoms with Gasteiger partial charge in [-0.2, -0.15) is 0 Å². The molecule has 0 atom stereocenters. The molecular formula is C19H30N2O3. The third kappa shape index (κ3) is 6.49. The van der Waals surface area contributed by atoms with Crippen molar-refractivity contribution < 1.29 is 14.3 Å². The topological polar surface area (TPSA) is 50.8 Å². The van der Waals surface area contributed by atoms with E-state index >= 15 is 0 Å². The SMILES string of the molecule is COCCN1CCC(CNC(=O)CCc2ccc(OC)cc2)CC1. The Morgan fingerprint density at radius 2 is 1.92 bits per heavy atom. The number of piperidine rings is 1. The number of rotatable bonds is 9. The van der Waals surface area contributed by atoms with Crippen molar-refractivity contribution >= 4 is 5.91 Å². The molecule has 0 unspecified atom stereocenters. The quantitative estimate of drug-likeness (QED) is 0.751. The molecule has 5 heteroatoms. The predicted molar refractivity (Wildman–Crippen MR) is 95.4 cm³/mol. The summed E-state index contributed by atoms with van der Waals surface area (Å²) in [5, 5.41) is 3.10. The number of hydrogen-bond acceptors (Lipinski definition) is 4. The van der Waals surface area contributed by atoms with E-state index in [1.54, 1.807) is 14.2 Å². The summed E-state index contributed by atoms with van der Waals surface area (Å²) in [6, 6.07) is 7.90. The van der Waals surface area contributed by atoms with Crippen LogP contribution in [0.2, 0.25) is 0 Å². The van der Waals surface area contributed by atoms with Crippen molar-refractivity contribution in [1.29, 1.82) is 0 Å². The molecule has 1 amide bonds. The van der Waals surface area contributed by atoms with E-state index in [-0.39, 0.29) is 5.91 Å². The summed E-state index contributed by atoms with van der Waals surface area (Å²) in [7, 11) is 3.40. The van der Waals surface area contributed by atoms with Gasteiger partial charge in [-0.3, -0.25) is 4.79 Å². The van der Waals surface area contributed by atoms with Gasteiger partial charge >= 0.3 is 0 Å². The highest BCUT2D eigenvalue weighted by molar-refractivity contribution is 5.76. The second kappa shape index (κ2) is 10.3. The van der Waals surface area contributed by atoms with Crippen molar-refractivity contribution in [3.8, 4) is 5.75 Å². The molecule has 1 fully saturated rings. The van der Waals surface area contributed by atoms with Gasteiger partial charge in [0.1, 0.15) is 5.75 Å².